The molecule has 0 radical (unpaired) electrons. The zero-order chi connectivity index (χ0) is 13.1. The second-order valence-corrected chi connectivity index (χ2v) is 3.85. The van der Waals surface area contributed by atoms with Gasteiger partial charge in [-0.25, -0.2) is 4.79 Å². The fraction of sp³-hybridized carbons (Fsp3) is 0. The zero-order valence-electron chi connectivity index (χ0n) is 8.98. The number of halogens is 1. The number of amides is 1. The standard InChI is InChI=1S/C11H8ClN3O3/c12-9-3-7(1-2-8(9)11(17)18)15-10(16)6-4-13-14-5-6/h1-5H,(H,13,14)(H,15,16)(H,17,18). The molecule has 0 atom stereocenters. The van der Waals surface area contributed by atoms with Crippen molar-refractivity contribution in [2.75, 3.05) is 5.32 Å². The molecule has 0 aliphatic heterocycles. The van der Waals surface area contributed by atoms with Crippen molar-refractivity contribution in [3.05, 3.63) is 46.7 Å². The lowest BCUT2D eigenvalue weighted by Gasteiger charge is -2.05. The van der Waals surface area contributed by atoms with E-state index in [0.29, 0.717) is 11.3 Å². The second-order valence-electron chi connectivity index (χ2n) is 3.44. The van der Waals surface area contributed by atoms with E-state index in [1.165, 1.54) is 30.6 Å². The smallest absolute Gasteiger partial charge is 0.337 e. The highest BCUT2D eigenvalue weighted by atomic mass is 35.5. The number of hydrogen-bond donors (Lipinski definition) is 3. The Bertz CT molecular complexity index is 596. The monoisotopic (exact) mass is 265 g/mol. The molecule has 3 N–H and O–H groups in total. The number of carbonyl (C=O) groups excluding carboxylic acids is 1. The Morgan fingerprint density at radius 1 is 1.39 bits per heavy atom. The average Bonchev–Trinajstić information content (AvgIpc) is 2.81. The molecule has 0 unspecified atom stereocenters. The van der Waals surface area contributed by atoms with Gasteiger partial charge < -0.3 is 10.4 Å². The van der Waals surface area contributed by atoms with Crippen LogP contribution < -0.4 is 5.32 Å². The van der Waals surface area contributed by atoms with Gasteiger partial charge in [0.15, 0.2) is 0 Å². The number of carbonyl (C=O) groups is 2. The van der Waals surface area contributed by atoms with Gasteiger partial charge in [-0.2, -0.15) is 5.10 Å². The maximum atomic E-state index is 11.7. The number of hydrogen-bond acceptors (Lipinski definition) is 3. The number of nitrogens with one attached hydrogen (secondary N) is 2. The number of nitrogens with zero attached hydrogens (tertiary/aromatic N) is 1. The summed E-state index contributed by atoms with van der Waals surface area (Å²) >= 11 is 5.78. The first kappa shape index (κ1) is 12.1. The number of carboxylic acids is 1. The lowest BCUT2D eigenvalue weighted by Crippen LogP contribution is -2.11. The van der Waals surface area contributed by atoms with Crippen molar-refractivity contribution in [1.82, 2.24) is 10.2 Å². The molecule has 1 aromatic heterocycles. The minimum atomic E-state index is -1.12. The normalized spacial score (nSPS) is 10.1. The van der Waals surface area contributed by atoms with Crippen molar-refractivity contribution in [2.24, 2.45) is 0 Å². The molecule has 0 spiro atoms. The van der Waals surface area contributed by atoms with E-state index in [1.54, 1.807) is 0 Å². The molecule has 0 saturated heterocycles. The van der Waals surface area contributed by atoms with Gasteiger partial charge in [0.1, 0.15) is 0 Å². The van der Waals surface area contributed by atoms with Crippen LogP contribution in [0.3, 0.4) is 0 Å². The fourth-order valence-corrected chi connectivity index (χ4v) is 1.61. The Balaban J connectivity index is 2.18. The summed E-state index contributed by atoms with van der Waals surface area (Å²) in [6.07, 6.45) is 2.82. The van der Waals surface area contributed by atoms with E-state index in [1.807, 2.05) is 0 Å². The van der Waals surface area contributed by atoms with Crippen LogP contribution in [-0.2, 0) is 0 Å². The van der Waals surface area contributed by atoms with Crippen LogP contribution in [0.2, 0.25) is 5.02 Å². The van der Waals surface area contributed by atoms with E-state index in [-0.39, 0.29) is 16.5 Å². The number of rotatable bonds is 3. The Hall–Kier alpha value is -2.34. The van der Waals surface area contributed by atoms with E-state index in [2.05, 4.69) is 15.5 Å². The third-order valence-electron chi connectivity index (χ3n) is 2.22. The van der Waals surface area contributed by atoms with Crippen molar-refractivity contribution in [3.63, 3.8) is 0 Å². The largest absolute Gasteiger partial charge is 0.478 e. The third-order valence-corrected chi connectivity index (χ3v) is 2.53. The summed E-state index contributed by atoms with van der Waals surface area (Å²) in [5.41, 5.74) is 0.766. The molecule has 0 bridgehead atoms. The summed E-state index contributed by atoms with van der Waals surface area (Å²) in [7, 11) is 0. The molecular formula is C11H8ClN3O3. The van der Waals surface area contributed by atoms with Crippen LogP contribution in [0.1, 0.15) is 20.7 Å². The average molecular weight is 266 g/mol. The van der Waals surface area contributed by atoms with E-state index in [4.69, 9.17) is 16.7 Å². The van der Waals surface area contributed by atoms with E-state index in [9.17, 15) is 9.59 Å². The van der Waals surface area contributed by atoms with Gasteiger partial charge in [-0.1, -0.05) is 11.6 Å². The van der Waals surface area contributed by atoms with Crippen LogP contribution in [0.15, 0.2) is 30.6 Å². The lowest BCUT2D eigenvalue weighted by atomic mass is 10.2. The highest BCUT2D eigenvalue weighted by molar-refractivity contribution is 6.33. The first-order valence-corrected chi connectivity index (χ1v) is 5.28. The van der Waals surface area contributed by atoms with Crippen molar-refractivity contribution in [3.8, 4) is 0 Å². The van der Waals surface area contributed by atoms with Gasteiger partial charge in [0, 0.05) is 11.9 Å². The zero-order valence-corrected chi connectivity index (χ0v) is 9.73. The van der Waals surface area contributed by atoms with Gasteiger partial charge in [-0.15, -0.1) is 0 Å². The molecule has 1 aromatic carbocycles. The summed E-state index contributed by atoms with van der Waals surface area (Å²) in [6, 6.07) is 4.17. The molecule has 92 valence electrons. The summed E-state index contributed by atoms with van der Waals surface area (Å²) in [4.78, 5) is 22.4. The van der Waals surface area contributed by atoms with E-state index >= 15 is 0 Å². The molecular weight excluding hydrogens is 258 g/mol. The second kappa shape index (κ2) is 4.89. The van der Waals surface area contributed by atoms with Crippen LogP contribution in [0, 0.1) is 0 Å². The predicted molar refractivity (Wildman–Crippen MR) is 65.0 cm³/mol. The topological polar surface area (TPSA) is 95.1 Å². The molecule has 1 heterocycles. The number of benzene rings is 1. The number of carboxylic acid groups (broad SMARTS) is 1. The first-order chi connectivity index (χ1) is 8.58. The maximum absolute atomic E-state index is 11.7. The Kier molecular flexibility index (Phi) is 3.29. The molecule has 0 fully saturated rings. The molecule has 0 aliphatic carbocycles. The van der Waals surface area contributed by atoms with Gasteiger partial charge in [0.05, 0.1) is 22.3 Å². The van der Waals surface area contributed by atoms with Crippen molar-refractivity contribution in [2.45, 2.75) is 0 Å². The fourth-order valence-electron chi connectivity index (χ4n) is 1.34. The molecule has 0 saturated carbocycles. The van der Waals surface area contributed by atoms with E-state index < -0.39 is 5.97 Å². The molecule has 2 aromatic rings. The van der Waals surface area contributed by atoms with Crippen LogP contribution in [0.4, 0.5) is 5.69 Å². The number of aromatic carboxylic acids is 1. The molecule has 7 heteroatoms. The number of anilines is 1. The summed E-state index contributed by atoms with van der Waals surface area (Å²) in [5, 5.41) is 17.6. The van der Waals surface area contributed by atoms with E-state index in [0.717, 1.165) is 0 Å². The van der Waals surface area contributed by atoms with Crippen LogP contribution in [0.5, 0.6) is 0 Å². The molecule has 2 rings (SSSR count). The van der Waals surface area contributed by atoms with Gasteiger partial charge >= 0.3 is 5.97 Å². The van der Waals surface area contributed by atoms with Crippen LogP contribution >= 0.6 is 11.6 Å². The summed E-state index contributed by atoms with van der Waals surface area (Å²) < 4.78 is 0. The Morgan fingerprint density at radius 2 is 2.17 bits per heavy atom. The SMILES string of the molecule is O=C(Nc1ccc(C(=O)O)c(Cl)c1)c1cn[nH]c1. The van der Waals surface area contributed by atoms with Gasteiger partial charge in [0.25, 0.3) is 5.91 Å². The molecule has 18 heavy (non-hydrogen) atoms. The molecule has 6 nitrogen and oxygen atoms in total. The molecule has 1 amide bonds. The minimum absolute atomic E-state index is 0.0158. The number of aromatic nitrogens is 2. The minimum Gasteiger partial charge on any atom is -0.478 e. The first-order valence-electron chi connectivity index (χ1n) is 4.91. The van der Waals surface area contributed by atoms with Crippen molar-refractivity contribution >= 4 is 29.2 Å². The summed E-state index contributed by atoms with van der Waals surface area (Å²) in [6.45, 7) is 0. The predicted octanol–water partition coefficient (Wildman–Crippen LogP) is 2.01. The Labute approximate surface area is 107 Å². The van der Waals surface area contributed by atoms with Crippen LogP contribution in [0.25, 0.3) is 0 Å². The summed E-state index contributed by atoms with van der Waals surface area (Å²) in [5.74, 6) is -1.48. The number of H-pyrrole nitrogens is 1. The van der Waals surface area contributed by atoms with Crippen molar-refractivity contribution in [1.29, 1.82) is 0 Å². The third kappa shape index (κ3) is 2.49. The van der Waals surface area contributed by atoms with Crippen molar-refractivity contribution < 1.29 is 14.7 Å². The van der Waals surface area contributed by atoms with Gasteiger partial charge in [0.2, 0.25) is 0 Å². The van der Waals surface area contributed by atoms with Gasteiger partial charge in [-0.3, -0.25) is 9.89 Å². The highest BCUT2D eigenvalue weighted by Gasteiger charge is 2.11. The quantitative estimate of drug-likeness (QED) is 0.791. The lowest BCUT2D eigenvalue weighted by molar-refractivity contribution is 0.0697. The Morgan fingerprint density at radius 3 is 2.72 bits per heavy atom. The van der Waals surface area contributed by atoms with Gasteiger partial charge in [-0.05, 0) is 18.2 Å². The van der Waals surface area contributed by atoms with Crippen LogP contribution in [-0.4, -0.2) is 27.2 Å². The highest BCUT2D eigenvalue weighted by Crippen LogP contribution is 2.21. The number of aromatic amines is 1. The molecule has 0 aliphatic rings. The maximum Gasteiger partial charge on any atom is 0.337 e.